The maximum atomic E-state index is 12.7. The van der Waals surface area contributed by atoms with Crippen LogP contribution in [0.5, 0.6) is 0 Å². The summed E-state index contributed by atoms with van der Waals surface area (Å²) in [5.41, 5.74) is 2.98. The van der Waals surface area contributed by atoms with E-state index in [0.717, 1.165) is 10.0 Å². The average Bonchev–Trinajstić information content (AvgIpc) is 2.67. The number of carbonyl (C=O) groups is 1. The van der Waals surface area contributed by atoms with Crippen molar-refractivity contribution in [3.63, 3.8) is 0 Å². The average molecular weight is 459 g/mol. The fraction of sp³-hybridized carbons (Fsp3) is 0.0952. The normalized spacial score (nSPS) is 11.1. The Morgan fingerprint density at radius 1 is 0.929 bits per heavy atom. The Kier molecular flexibility index (Phi) is 5.86. The van der Waals surface area contributed by atoms with E-state index in [0.29, 0.717) is 22.5 Å². The van der Waals surface area contributed by atoms with Gasteiger partial charge in [0.1, 0.15) is 0 Å². The molecule has 0 heterocycles. The Morgan fingerprint density at radius 2 is 1.64 bits per heavy atom. The second-order valence-electron chi connectivity index (χ2n) is 6.31. The van der Waals surface area contributed by atoms with Gasteiger partial charge in [0, 0.05) is 15.7 Å². The highest BCUT2D eigenvalue weighted by atomic mass is 79.9. The number of aryl methyl sites for hydroxylation is 1. The Labute approximate surface area is 173 Å². The molecule has 0 bridgehead atoms. The van der Waals surface area contributed by atoms with Gasteiger partial charge in [-0.1, -0.05) is 40.2 Å². The van der Waals surface area contributed by atoms with Crippen LogP contribution in [0.4, 0.5) is 11.4 Å². The Hall–Kier alpha value is -2.64. The highest BCUT2D eigenvalue weighted by molar-refractivity contribution is 9.10. The van der Waals surface area contributed by atoms with Crippen LogP contribution in [-0.2, 0) is 10.0 Å². The van der Waals surface area contributed by atoms with E-state index >= 15 is 0 Å². The number of hydrogen-bond acceptors (Lipinski definition) is 3. The minimum Gasteiger partial charge on any atom is -0.322 e. The molecular formula is C21H19BrN2O3S. The summed E-state index contributed by atoms with van der Waals surface area (Å²) >= 11 is 3.43. The minimum atomic E-state index is -3.73. The zero-order valence-corrected chi connectivity index (χ0v) is 17.8. The van der Waals surface area contributed by atoms with Crippen LogP contribution in [0.1, 0.15) is 21.5 Å². The van der Waals surface area contributed by atoms with Crippen LogP contribution < -0.4 is 10.0 Å². The van der Waals surface area contributed by atoms with Gasteiger partial charge in [-0.3, -0.25) is 9.52 Å². The first kappa shape index (κ1) is 20.1. The molecule has 0 fully saturated rings. The van der Waals surface area contributed by atoms with Crippen LogP contribution in [0.25, 0.3) is 0 Å². The van der Waals surface area contributed by atoms with E-state index in [1.54, 1.807) is 49.4 Å². The molecule has 0 radical (unpaired) electrons. The largest absolute Gasteiger partial charge is 0.322 e. The molecule has 3 rings (SSSR count). The maximum Gasteiger partial charge on any atom is 0.261 e. The van der Waals surface area contributed by atoms with E-state index in [9.17, 15) is 13.2 Å². The summed E-state index contributed by atoms with van der Waals surface area (Å²) in [6.07, 6.45) is 0. The Bertz CT molecular complexity index is 1130. The smallest absolute Gasteiger partial charge is 0.261 e. The molecule has 0 aliphatic carbocycles. The number of benzene rings is 3. The summed E-state index contributed by atoms with van der Waals surface area (Å²) in [6, 6.07) is 18.6. The molecule has 0 unspecified atom stereocenters. The first-order valence-electron chi connectivity index (χ1n) is 8.53. The van der Waals surface area contributed by atoms with E-state index in [4.69, 9.17) is 0 Å². The number of halogens is 1. The highest BCUT2D eigenvalue weighted by Crippen LogP contribution is 2.24. The van der Waals surface area contributed by atoms with E-state index in [2.05, 4.69) is 26.0 Å². The maximum absolute atomic E-state index is 12.7. The molecule has 2 N–H and O–H groups in total. The number of anilines is 2. The number of nitrogens with one attached hydrogen (secondary N) is 2. The molecule has 0 atom stereocenters. The molecule has 0 aromatic heterocycles. The number of carbonyl (C=O) groups excluding carboxylic acids is 1. The van der Waals surface area contributed by atoms with Gasteiger partial charge in [0.25, 0.3) is 15.9 Å². The molecule has 7 heteroatoms. The van der Waals surface area contributed by atoms with Gasteiger partial charge in [-0.2, -0.15) is 0 Å². The van der Waals surface area contributed by atoms with Gasteiger partial charge in [0.05, 0.1) is 10.6 Å². The Balaban J connectivity index is 1.86. The lowest BCUT2D eigenvalue weighted by atomic mass is 10.1. The van der Waals surface area contributed by atoms with Crippen molar-refractivity contribution < 1.29 is 13.2 Å². The molecule has 3 aromatic carbocycles. The van der Waals surface area contributed by atoms with Gasteiger partial charge in [-0.15, -0.1) is 0 Å². The third kappa shape index (κ3) is 4.43. The van der Waals surface area contributed by atoms with E-state index < -0.39 is 10.0 Å². The van der Waals surface area contributed by atoms with Gasteiger partial charge >= 0.3 is 0 Å². The molecule has 0 saturated heterocycles. The van der Waals surface area contributed by atoms with Crippen molar-refractivity contribution in [2.45, 2.75) is 18.7 Å². The fourth-order valence-electron chi connectivity index (χ4n) is 2.72. The molecule has 0 aliphatic heterocycles. The third-order valence-corrected chi connectivity index (χ3v) is 6.56. The zero-order valence-electron chi connectivity index (χ0n) is 15.4. The van der Waals surface area contributed by atoms with Crippen LogP contribution in [-0.4, -0.2) is 14.3 Å². The molecule has 0 spiro atoms. The lowest BCUT2D eigenvalue weighted by Gasteiger charge is -2.14. The summed E-state index contributed by atoms with van der Waals surface area (Å²) in [6.45, 7) is 3.65. The lowest BCUT2D eigenvalue weighted by molar-refractivity contribution is 0.102. The molecule has 5 nitrogen and oxygen atoms in total. The zero-order chi connectivity index (χ0) is 20.3. The van der Waals surface area contributed by atoms with Gasteiger partial charge < -0.3 is 5.32 Å². The first-order chi connectivity index (χ1) is 13.3. The summed E-state index contributed by atoms with van der Waals surface area (Å²) in [5.74, 6) is -0.306. The minimum absolute atomic E-state index is 0.162. The van der Waals surface area contributed by atoms with Crippen LogP contribution >= 0.6 is 15.9 Å². The second kappa shape index (κ2) is 8.16. The second-order valence-corrected chi connectivity index (χ2v) is 8.85. The van der Waals surface area contributed by atoms with Crippen LogP contribution in [0.3, 0.4) is 0 Å². The van der Waals surface area contributed by atoms with Gasteiger partial charge in [-0.25, -0.2) is 8.42 Å². The van der Waals surface area contributed by atoms with Crippen molar-refractivity contribution in [2.75, 3.05) is 10.0 Å². The van der Waals surface area contributed by atoms with E-state index in [1.807, 2.05) is 19.1 Å². The van der Waals surface area contributed by atoms with Crippen LogP contribution in [0, 0.1) is 13.8 Å². The first-order valence-corrected chi connectivity index (χ1v) is 10.8. The van der Waals surface area contributed by atoms with Crippen molar-refractivity contribution >= 4 is 43.2 Å². The van der Waals surface area contributed by atoms with Crippen molar-refractivity contribution in [1.29, 1.82) is 0 Å². The number of rotatable bonds is 5. The highest BCUT2D eigenvalue weighted by Gasteiger charge is 2.18. The number of amides is 1. The summed E-state index contributed by atoms with van der Waals surface area (Å²) < 4.78 is 28.7. The van der Waals surface area contributed by atoms with Gasteiger partial charge in [0.15, 0.2) is 0 Å². The van der Waals surface area contributed by atoms with E-state index in [1.165, 1.54) is 12.1 Å². The fourth-order valence-corrected chi connectivity index (χ4v) is 4.11. The summed E-state index contributed by atoms with van der Waals surface area (Å²) in [5, 5.41) is 2.85. The monoisotopic (exact) mass is 458 g/mol. The van der Waals surface area contributed by atoms with Crippen LogP contribution in [0.15, 0.2) is 76.1 Å². The summed E-state index contributed by atoms with van der Waals surface area (Å²) in [4.78, 5) is 12.9. The Morgan fingerprint density at radius 3 is 2.32 bits per heavy atom. The van der Waals surface area contributed by atoms with E-state index in [-0.39, 0.29) is 10.8 Å². The molecule has 1 amide bonds. The molecule has 3 aromatic rings. The SMILES string of the molecule is Cc1cc(NC(=O)c2cccc(NS(=O)(=O)c3ccccc3)c2C)ccc1Br. The molecule has 144 valence electrons. The standard InChI is InChI=1S/C21H19BrN2O3S/c1-14-13-16(11-12-19(14)22)23-21(25)18-9-6-10-20(15(18)2)24-28(26,27)17-7-4-3-5-8-17/h3-13,24H,1-2H3,(H,23,25). The topological polar surface area (TPSA) is 75.3 Å². The predicted molar refractivity (Wildman–Crippen MR) is 115 cm³/mol. The number of hydrogen-bond donors (Lipinski definition) is 2. The van der Waals surface area contributed by atoms with Crippen molar-refractivity contribution in [3.05, 3.63) is 87.9 Å². The van der Waals surface area contributed by atoms with Crippen molar-refractivity contribution in [2.24, 2.45) is 0 Å². The molecule has 0 saturated carbocycles. The molecule has 28 heavy (non-hydrogen) atoms. The molecular weight excluding hydrogens is 440 g/mol. The van der Waals surface area contributed by atoms with Crippen molar-refractivity contribution in [1.82, 2.24) is 0 Å². The third-order valence-electron chi connectivity index (χ3n) is 4.29. The van der Waals surface area contributed by atoms with Gasteiger partial charge in [0.2, 0.25) is 0 Å². The predicted octanol–water partition coefficient (Wildman–Crippen LogP) is 5.12. The molecule has 0 aliphatic rings. The van der Waals surface area contributed by atoms with Crippen LogP contribution in [0.2, 0.25) is 0 Å². The summed E-state index contributed by atoms with van der Waals surface area (Å²) in [7, 11) is -3.73. The van der Waals surface area contributed by atoms with Gasteiger partial charge in [-0.05, 0) is 67.4 Å². The lowest BCUT2D eigenvalue weighted by Crippen LogP contribution is -2.17. The number of sulfonamides is 1. The quantitative estimate of drug-likeness (QED) is 0.556. The van der Waals surface area contributed by atoms with Crippen molar-refractivity contribution in [3.8, 4) is 0 Å².